The van der Waals surface area contributed by atoms with Gasteiger partial charge in [0.15, 0.2) is 0 Å². The Labute approximate surface area is 127 Å². The van der Waals surface area contributed by atoms with Crippen LogP contribution in [-0.4, -0.2) is 6.54 Å². The summed E-state index contributed by atoms with van der Waals surface area (Å²) in [4.78, 5) is 0. The van der Waals surface area contributed by atoms with E-state index in [0.717, 1.165) is 17.9 Å². The van der Waals surface area contributed by atoms with E-state index < -0.39 is 0 Å². The van der Waals surface area contributed by atoms with Gasteiger partial charge in [0.05, 0.1) is 0 Å². The number of ether oxygens (including phenoxy) is 1. The van der Waals surface area contributed by atoms with Gasteiger partial charge in [-0.3, -0.25) is 0 Å². The third kappa shape index (κ3) is 4.08. The molecule has 0 spiro atoms. The maximum atomic E-state index is 5.93. The first kappa shape index (κ1) is 15.6. The lowest BCUT2D eigenvalue weighted by Gasteiger charge is -2.19. The molecule has 112 valence electrons. The monoisotopic (exact) mass is 283 g/mol. The minimum absolute atomic E-state index is 0.166. The van der Waals surface area contributed by atoms with E-state index >= 15 is 0 Å². The molecule has 0 radical (unpaired) electrons. The third-order valence-electron chi connectivity index (χ3n) is 3.68. The zero-order valence-electron chi connectivity index (χ0n) is 13.4. The second-order valence-electron chi connectivity index (χ2n) is 6.50. The van der Waals surface area contributed by atoms with Crippen molar-refractivity contribution in [2.75, 3.05) is 6.54 Å². The summed E-state index contributed by atoms with van der Waals surface area (Å²) in [7, 11) is 0. The summed E-state index contributed by atoms with van der Waals surface area (Å²) in [5.41, 5.74) is 9.60. The highest BCUT2D eigenvalue weighted by atomic mass is 16.5. The highest BCUT2D eigenvalue weighted by Crippen LogP contribution is 2.27. The molecule has 0 heterocycles. The van der Waals surface area contributed by atoms with Gasteiger partial charge in [0.2, 0.25) is 0 Å². The number of rotatable bonds is 4. The molecule has 2 nitrogen and oxygen atoms in total. The highest BCUT2D eigenvalue weighted by Gasteiger charge is 2.13. The predicted octanol–water partition coefficient (Wildman–Crippen LogP) is 4.59. The molecule has 0 aliphatic heterocycles. The van der Waals surface area contributed by atoms with Gasteiger partial charge in [-0.1, -0.05) is 39.0 Å². The number of aryl methyl sites for hydroxylation is 1. The molecule has 2 heteroatoms. The smallest absolute Gasteiger partial charge is 0.127 e. The molecule has 0 aliphatic rings. The Bertz CT molecular complexity index is 594. The molecule has 0 aliphatic carbocycles. The predicted molar refractivity (Wildman–Crippen MR) is 89.2 cm³/mol. The zero-order valence-corrected chi connectivity index (χ0v) is 13.4. The maximum absolute atomic E-state index is 5.93. The number of hydrogen-bond donors (Lipinski definition) is 1. The van der Waals surface area contributed by atoms with Crippen LogP contribution in [0.25, 0.3) is 0 Å². The molecule has 2 rings (SSSR count). The molecule has 0 bridgehead atoms. The second-order valence-corrected chi connectivity index (χ2v) is 6.50. The number of benzene rings is 2. The van der Waals surface area contributed by atoms with Crippen LogP contribution in [0.15, 0.2) is 42.5 Å². The lowest BCUT2D eigenvalue weighted by Crippen LogP contribution is -2.10. The lowest BCUT2D eigenvalue weighted by atomic mass is 9.87. The third-order valence-corrected chi connectivity index (χ3v) is 3.68. The second kappa shape index (κ2) is 6.31. The van der Waals surface area contributed by atoms with Crippen LogP contribution in [0, 0.1) is 6.92 Å². The van der Waals surface area contributed by atoms with Crippen LogP contribution in [0.1, 0.15) is 37.5 Å². The van der Waals surface area contributed by atoms with Gasteiger partial charge >= 0.3 is 0 Å². The molecule has 0 atom stereocenters. The first-order chi connectivity index (χ1) is 9.90. The largest absolute Gasteiger partial charge is 0.457 e. The Balaban J connectivity index is 2.13. The molecule has 0 saturated heterocycles. The van der Waals surface area contributed by atoms with E-state index in [1.165, 1.54) is 16.7 Å². The zero-order chi connectivity index (χ0) is 15.5. The van der Waals surface area contributed by atoms with Crippen LogP contribution in [0.2, 0.25) is 0 Å². The first-order valence-electron chi connectivity index (χ1n) is 7.48. The van der Waals surface area contributed by atoms with Gasteiger partial charge < -0.3 is 10.5 Å². The van der Waals surface area contributed by atoms with Gasteiger partial charge in [-0.15, -0.1) is 0 Å². The first-order valence-corrected chi connectivity index (χ1v) is 7.48. The lowest BCUT2D eigenvalue weighted by molar-refractivity contribution is 0.480. The SMILES string of the molecule is Cc1cc(Oc2ccc(C(C)(C)C)cc2)ccc1CCN. The van der Waals surface area contributed by atoms with Crippen molar-refractivity contribution in [3.05, 3.63) is 59.2 Å². The van der Waals surface area contributed by atoms with E-state index in [-0.39, 0.29) is 5.41 Å². The van der Waals surface area contributed by atoms with Crippen molar-refractivity contribution in [1.29, 1.82) is 0 Å². The van der Waals surface area contributed by atoms with Crippen LogP contribution >= 0.6 is 0 Å². The Morgan fingerprint density at radius 1 is 0.952 bits per heavy atom. The standard InChI is InChI=1S/C19H25NO/c1-14-13-18(8-5-15(14)11-12-20)21-17-9-6-16(7-10-17)19(2,3)4/h5-10,13H,11-12,20H2,1-4H3. The van der Waals surface area contributed by atoms with E-state index in [2.05, 4.69) is 52.0 Å². The molecular weight excluding hydrogens is 258 g/mol. The Morgan fingerprint density at radius 2 is 1.57 bits per heavy atom. The molecule has 0 fully saturated rings. The average Bonchev–Trinajstić information content (AvgIpc) is 2.42. The fraction of sp³-hybridized carbons (Fsp3) is 0.368. The van der Waals surface area contributed by atoms with Crippen molar-refractivity contribution >= 4 is 0 Å². The summed E-state index contributed by atoms with van der Waals surface area (Å²) in [5.74, 6) is 1.74. The molecule has 0 amide bonds. The summed E-state index contributed by atoms with van der Waals surface area (Å²) in [6.45, 7) is 9.41. The Hall–Kier alpha value is -1.80. The van der Waals surface area contributed by atoms with Gasteiger partial charge in [-0.25, -0.2) is 0 Å². The molecule has 0 unspecified atom stereocenters. The quantitative estimate of drug-likeness (QED) is 0.891. The molecule has 2 aromatic rings. The van der Waals surface area contributed by atoms with Crippen molar-refractivity contribution < 1.29 is 4.74 Å². The maximum Gasteiger partial charge on any atom is 0.127 e. The molecule has 21 heavy (non-hydrogen) atoms. The Morgan fingerprint density at radius 3 is 2.10 bits per heavy atom. The van der Waals surface area contributed by atoms with Crippen LogP contribution < -0.4 is 10.5 Å². The summed E-state index contributed by atoms with van der Waals surface area (Å²) in [6.07, 6.45) is 0.909. The van der Waals surface area contributed by atoms with Gasteiger partial charge in [0, 0.05) is 0 Å². The van der Waals surface area contributed by atoms with Crippen LogP contribution in [0.4, 0.5) is 0 Å². The van der Waals surface area contributed by atoms with Gasteiger partial charge in [0.25, 0.3) is 0 Å². The molecule has 2 N–H and O–H groups in total. The Kier molecular flexibility index (Phi) is 4.69. The van der Waals surface area contributed by atoms with Gasteiger partial charge in [-0.05, 0) is 66.3 Å². The topological polar surface area (TPSA) is 35.2 Å². The van der Waals surface area contributed by atoms with E-state index in [0.29, 0.717) is 6.54 Å². The summed E-state index contributed by atoms with van der Waals surface area (Å²) in [5, 5.41) is 0. The molecule has 2 aromatic carbocycles. The van der Waals surface area contributed by atoms with Crippen molar-refractivity contribution in [3.63, 3.8) is 0 Å². The van der Waals surface area contributed by atoms with E-state index in [1.54, 1.807) is 0 Å². The fourth-order valence-electron chi connectivity index (χ4n) is 2.33. The van der Waals surface area contributed by atoms with Crippen LogP contribution in [0.3, 0.4) is 0 Å². The van der Waals surface area contributed by atoms with Crippen molar-refractivity contribution in [1.82, 2.24) is 0 Å². The molecule has 0 saturated carbocycles. The number of hydrogen-bond acceptors (Lipinski definition) is 2. The normalized spacial score (nSPS) is 11.5. The van der Waals surface area contributed by atoms with Gasteiger partial charge in [0.1, 0.15) is 11.5 Å². The molecule has 0 aromatic heterocycles. The van der Waals surface area contributed by atoms with Gasteiger partial charge in [-0.2, -0.15) is 0 Å². The summed E-state index contributed by atoms with van der Waals surface area (Å²) in [6, 6.07) is 14.5. The van der Waals surface area contributed by atoms with Crippen LogP contribution in [-0.2, 0) is 11.8 Å². The van der Waals surface area contributed by atoms with Crippen molar-refractivity contribution in [2.24, 2.45) is 5.73 Å². The van der Waals surface area contributed by atoms with E-state index in [9.17, 15) is 0 Å². The van der Waals surface area contributed by atoms with E-state index in [1.807, 2.05) is 18.2 Å². The minimum Gasteiger partial charge on any atom is -0.457 e. The highest BCUT2D eigenvalue weighted by molar-refractivity contribution is 5.39. The van der Waals surface area contributed by atoms with Crippen LogP contribution in [0.5, 0.6) is 11.5 Å². The number of nitrogens with two attached hydrogens (primary N) is 1. The summed E-state index contributed by atoms with van der Waals surface area (Å²) < 4.78 is 5.93. The molecular formula is C19H25NO. The van der Waals surface area contributed by atoms with Crippen molar-refractivity contribution in [2.45, 2.75) is 39.5 Å². The fourth-order valence-corrected chi connectivity index (χ4v) is 2.33. The van der Waals surface area contributed by atoms with E-state index in [4.69, 9.17) is 10.5 Å². The average molecular weight is 283 g/mol. The minimum atomic E-state index is 0.166. The summed E-state index contributed by atoms with van der Waals surface area (Å²) >= 11 is 0. The van der Waals surface area contributed by atoms with Crippen molar-refractivity contribution in [3.8, 4) is 11.5 Å².